The molecule has 1 N–H and O–H groups in total. The summed E-state index contributed by atoms with van der Waals surface area (Å²) in [4.78, 5) is 42.5. The van der Waals surface area contributed by atoms with Gasteiger partial charge < -0.3 is 24.6 Å². The SMILES string of the molecule is O=C1N[C@H]2CN(C(=O)CCN3Cc4ccccc4C3=O)C[C@@H]2OCc2cn(nn2)CCCOc2cc1ccc2Cl. The molecule has 12 heteroatoms. The van der Waals surface area contributed by atoms with Crippen LogP contribution in [-0.2, 0) is 29.2 Å². The van der Waals surface area contributed by atoms with Crippen molar-refractivity contribution in [3.8, 4) is 5.75 Å². The van der Waals surface area contributed by atoms with Crippen LogP contribution in [0.4, 0.5) is 0 Å². The number of nitrogens with one attached hydrogen (secondary N) is 1. The van der Waals surface area contributed by atoms with Crippen LogP contribution in [-0.4, -0.2) is 80.9 Å². The average Bonchev–Trinajstić information content (AvgIpc) is 3.66. The molecule has 40 heavy (non-hydrogen) atoms. The molecule has 0 aliphatic carbocycles. The number of hydrogen-bond donors (Lipinski definition) is 1. The fourth-order valence-electron chi connectivity index (χ4n) is 5.29. The Morgan fingerprint density at radius 3 is 2.90 bits per heavy atom. The normalized spacial score (nSPS) is 21.0. The van der Waals surface area contributed by atoms with E-state index in [2.05, 4.69) is 15.6 Å². The third-order valence-electron chi connectivity index (χ3n) is 7.44. The van der Waals surface area contributed by atoms with Gasteiger partial charge in [0.25, 0.3) is 11.8 Å². The van der Waals surface area contributed by atoms with E-state index < -0.39 is 12.1 Å². The number of rotatable bonds is 3. The summed E-state index contributed by atoms with van der Waals surface area (Å²) in [5.74, 6) is -0.0455. The molecule has 2 atom stereocenters. The van der Waals surface area contributed by atoms with Crippen LogP contribution in [0.5, 0.6) is 5.75 Å². The van der Waals surface area contributed by atoms with E-state index in [9.17, 15) is 14.4 Å². The Balaban J connectivity index is 1.15. The second-order valence-electron chi connectivity index (χ2n) is 10.2. The molecule has 3 aliphatic heterocycles. The Bertz CT molecular complexity index is 1440. The largest absolute Gasteiger partial charge is 0.492 e. The third kappa shape index (κ3) is 5.52. The Kier molecular flexibility index (Phi) is 7.40. The number of aromatic nitrogens is 3. The van der Waals surface area contributed by atoms with E-state index in [-0.39, 0.29) is 37.3 Å². The predicted octanol–water partition coefficient (Wildman–Crippen LogP) is 2.29. The molecule has 0 radical (unpaired) electrons. The first kappa shape index (κ1) is 26.3. The predicted molar refractivity (Wildman–Crippen MR) is 144 cm³/mol. The van der Waals surface area contributed by atoms with Gasteiger partial charge in [0.2, 0.25) is 5.91 Å². The number of likely N-dealkylation sites (tertiary alicyclic amines) is 1. The molecule has 0 spiro atoms. The van der Waals surface area contributed by atoms with E-state index in [1.807, 2.05) is 30.5 Å². The number of aryl methyl sites for hydroxylation is 1. The van der Waals surface area contributed by atoms with Crippen molar-refractivity contribution in [2.45, 2.75) is 44.7 Å². The van der Waals surface area contributed by atoms with Gasteiger partial charge in [-0.1, -0.05) is 35.0 Å². The lowest BCUT2D eigenvalue weighted by Crippen LogP contribution is -2.44. The minimum absolute atomic E-state index is 0.0560. The van der Waals surface area contributed by atoms with Crippen molar-refractivity contribution in [2.75, 3.05) is 26.2 Å². The molecular weight excluding hydrogens is 536 g/mol. The van der Waals surface area contributed by atoms with Crippen molar-refractivity contribution in [2.24, 2.45) is 0 Å². The maximum Gasteiger partial charge on any atom is 0.254 e. The lowest BCUT2D eigenvalue weighted by Gasteiger charge is -2.20. The number of nitrogens with zero attached hydrogens (tertiary/aromatic N) is 5. The number of benzene rings is 2. The van der Waals surface area contributed by atoms with Crippen LogP contribution in [0.1, 0.15) is 44.8 Å². The summed E-state index contributed by atoms with van der Waals surface area (Å²) in [6.45, 7) is 2.61. The lowest BCUT2D eigenvalue weighted by molar-refractivity contribution is -0.131. The third-order valence-corrected chi connectivity index (χ3v) is 7.75. The fourth-order valence-corrected chi connectivity index (χ4v) is 5.46. The summed E-state index contributed by atoms with van der Waals surface area (Å²) in [7, 11) is 0. The number of hydrogen-bond acceptors (Lipinski definition) is 7. The number of carbonyl (C=O) groups is 3. The summed E-state index contributed by atoms with van der Waals surface area (Å²) >= 11 is 6.30. The zero-order valence-corrected chi connectivity index (χ0v) is 22.5. The minimum atomic E-state index is -0.452. The van der Waals surface area contributed by atoms with Crippen LogP contribution >= 0.6 is 11.6 Å². The maximum atomic E-state index is 13.2. The number of amides is 3. The average molecular weight is 565 g/mol. The Labute approximate surface area is 236 Å². The maximum absolute atomic E-state index is 13.2. The van der Waals surface area contributed by atoms with Crippen molar-refractivity contribution in [1.29, 1.82) is 0 Å². The van der Waals surface area contributed by atoms with Crippen LogP contribution in [0.15, 0.2) is 48.7 Å². The van der Waals surface area contributed by atoms with E-state index >= 15 is 0 Å². The smallest absolute Gasteiger partial charge is 0.254 e. The second-order valence-corrected chi connectivity index (χ2v) is 10.6. The Morgan fingerprint density at radius 1 is 1.15 bits per heavy atom. The van der Waals surface area contributed by atoms with Gasteiger partial charge in [-0.2, -0.15) is 0 Å². The molecule has 0 unspecified atom stereocenters. The zero-order chi connectivity index (χ0) is 27.6. The van der Waals surface area contributed by atoms with E-state index in [4.69, 9.17) is 21.1 Å². The van der Waals surface area contributed by atoms with Crippen molar-refractivity contribution in [1.82, 2.24) is 30.1 Å². The van der Waals surface area contributed by atoms with Crippen LogP contribution in [0.25, 0.3) is 0 Å². The van der Waals surface area contributed by atoms with Gasteiger partial charge >= 0.3 is 0 Å². The van der Waals surface area contributed by atoms with Crippen LogP contribution in [0, 0.1) is 0 Å². The first-order chi connectivity index (χ1) is 19.4. The molecule has 6 rings (SSSR count). The summed E-state index contributed by atoms with van der Waals surface area (Å²) in [5.41, 5.74) is 2.72. The van der Waals surface area contributed by atoms with Gasteiger partial charge in [0.05, 0.1) is 36.6 Å². The topological polar surface area (TPSA) is 119 Å². The van der Waals surface area contributed by atoms with Gasteiger partial charge in [-0.25, -0.2) is 0 Å². The molecule has 1 fully saturated rings. The molecule has 0 saturated carbocycles. The first-order valence-electron chi connectivity index (χ1n) is 13.3. The van der Waals surface area contributed by atoms with Gasteiger partial charge in [0.1, 0.15) is 11.4 Å². The molecule has 4 heterocycles. The highest BCUT2D eigenvalue weighted by molar-refractivity contribution is 6.32. The van der Waals surface area contributed by atoms with Crippen molar-refractivity contribution >= 4 is 29.3 Å². The first-order valence-corrected chi connectivity index (χ1v) is 13.7. The molecule has 4 bridgehead atoms. The highest BCUT2D eigenvalue weighted by atomic mass is 35.5. The lowest BCUT2D eigenvalue weighted by atomic mass is 10.1. The molecule has 2 aromatic carbocycles. The van der Waals surface area contributed by atoms with Gasteiger partial charge in [0, 0.05) is 56.7 Å². The van der Waals surface area contributed by atoms with Crippen LogP contribution in [0.3, 0.4) is 0 Å². The second kappa shape index (κ2) is 11.3. The zero-order valence-electron chi connectivity index (χ0n) is 21.8. The minimum Gasteiger partial charge on any atom is -0.492 e. The Morgan fingerprint density at radius 2 is 2.02 bits per heavy atom. The Hall–Kier alpha value is -3.96. The molecule has 1 aromatic heterocycles. The monoisotopic (exact) mass is 564 g/mol. The number of carbonyl (C=O) groups excluding carboxylic acids is 3. The van der Waals surface area contributed by atoms with E-state index in [1.165, 1.54) is 0 Å². The quantitative estimate of drug-likeness (QED) is 0.518. The van der Waals surface area contributed by atoms with Crippen molar-refractivity contribution in [3.63, 3.8) is 0 Å². The van der Waals surface area contributed by atoms with E-state index in [1.54, 1.807) is 32.7 Å². The number of ether oxygens (including phenoxy) is 2. The standard InChI is InChI=1S/C28H29ClN6O5/c29-22-7-6-18-12-24(22)39-11-3-9-35-14-20(31-32-35)17-40-25-16-34(15-23(25)30-27(18)37)26(36)8-10-33-13-19-4-1-2-5-21(19)28(33)38/h1-2,4-7,12,14,23,25H,3,8-11,13,15-17H2,(H,30,37)/t23-,25-/m0/s1. The molecule has 3 aliphatic rings. The molecule has 1 saturated heterocycles. The molecule has 208 valence electrons. The van der Waals surface area contributed by atoms with Crippen LogP contribution < -0.4 is 10.1 Å². The molecule has 11 nitrogen and oxygen atoms in total. The molecule has 3 aromatic rings. The van der Waals surface area contributed by atoms with Gasteiger partial charge in [0.15, 0.2) is 0 Å². The number of fused-ring (bicyclic) bond motifs is 6. The van der Waals surface area contributed by atoms with Gasteiger partial charge in [-0.15, -0.1) is 5.10 Å². The van der Waals surface area contributed by atoms with Crippen molar-refractivity contribution < 1.29 is 23.9 Å². The van der Waals surface area contributed by atoms with Gasteiger partial charge in [-0.3, -0.25) is 19.1 Å². The van der Waals surface area contributed by atoms with E-state index in [0.717, 1.165) is 5.56 Å². The summed E-state index contributed by atoms with van der Waals surface area (Å²) in [5, 5.41) is 11.8. The van der Waals surface area contributed by atoms with Crippen molar-refractivity contribution in [3.05, 3.63) is 76.1 Å². The molecular formula is C28H29ClN6O5. The molecule has 3 amide bonds. The van der Waals surface area contributed by atoms with E-state index in [0.29, 0.717) is 66.8 Å². The fraction of sp³-hybridized carbons (Fsp3) is 0.393. The van der Waals surface area contributed by atoms with Crippen LogP contribution in [0.2, 0.25) is 5.02 Å². The number of halogens is 1. The summed E-state index contributed by atoms with van der Waals surface area (Å²) in [6, 6.07) is 11.9. The van der Waals surface area contributed by atoms with Gasteiger partial charge in [-0.05, 0) is 29.8 Å². The summed E-state index contributed by atoms with van der Waals surface area (Å²) < 4.78 is 13.7. The highest BCUT2D eigenvalue weighted by Gasteiger charge is 2.38. The summed E-state index contributed by atoms with van der Waals surface area (Å²) in [6.07, 6.45) is 2.22. The highest BCUT2D eigenvalue weighted by Crippen LogP contribution is 2.27.